The Balaban J connectivity index is 1.57. The van der Waals surface area contributed by atoms with Crippen LogP contribution in [0, 0.1) is 6.92 Å². The molecule has 0 spiro atoms. The SMILES string of the molecule is Cc1nc(Cc2ccccc2)sc1C(=O)N1CCC[C@]2(C)NCCCC[C@H]12. The number of hydrogen-bond donors (Lipinski definition) is 1. The zero-order valence-corrected chi connectivity index (χ0v) is 17.1. The first-order chi connectivity index (χ1) is 13.1. The Kier molecular flexibility index (Phi) is 5.33. The second-order valence-electron chi connectivity index (χ2n) is 8.14. The molecule has 144 valence electrons. The van der Waals surface area contributed by atoms with Crippen LogP contribution in [-0.4, -0.2) is 40.5 Å². The lowest BCUT2D eigenvalue weighted by molar-refractivity contribution is 0.0383. The van der Waals surface area contributed by atoms with Gasteiger partial charge in [0.15, 0.2) is 0 Å². The van der Waals surface area contributed by atoms with Crippen LogP contribution in [0.15, 0.2) is 30.3 Å². The summed E-state index contributed by atoms with van der Waals surface area (Å²) in [5.41, 5.74) is 2.17. The molecule has 2 saturated heterocycles. The van der Waals surface area contributed by atoms with Gasteiger partial charge in [0.1, 0.15) is 4.88 Å². The number of piperidine rings is 1. The number of thiazole rings is 1. The van der Waals surface area contributed by atoms with Gasteiger partial charge in [-0.05, 0) is 51.6 Å². The summed E-state index contributed by atoms with van der Waals surface area (Å²) >= 11 is 1.58. The zero-order chi connectivity index (χ0) is 18.9. The van der Waals surface area contributed by atoms with Gasteiger partial charge in [-0.2, -0.15) is 0 Å². The van der Waals surface area contributed by atoms with Crippen LogP contribution in [0.4, 0.5) is 0 Å². The van der Waals surface area contributed by atoms with E-state index in [0.29, 0.717) is 6.04 Å². The molecule has 0 bridgehead atoms. The third-order valence-electron chi connectivity index (χ3n) is 6.13. The van der Waals surface area contributed by atoms with Gasteiger partial charge in [-0.1, -0.05) is 36.8 Å². The molecule has 2 aliphatic heterocycles. The molecule has 0 aliphatic carbocycles. The highest BCUT2D eigenvalue weighted by atomic mass is 32.1. The van der Waals surface area contributed by atoms with E-state index in [1.54, 1.807) is 11.3 Å². The third kappa shape index (κ3) is 3.81. The normalized spacial score (nSPS) is 25.7. The Morgan fingerprint density at radius 3 is 2.93 bits per heavy atom. The van der Waals surface area contributed by atoms with E-state index in [9.17, 15) is 4.79 Å². The van der Waals surface area contributed by atoms with Crippen molar-refractivity contribution in [1.82, 2.24) is 15.2 Å². The van der Waals surface area contributed by atoms with Crippen LogP contribution in [0.5, 0.6) is 0 Å². The van der Waals surface area contributed by atoms with Crippen LogP contribution in [0.25, 0.3) is 0 Å². The van der Waals surface area contributed by atoms with Crippen LogP contribution in [0.3, 0.4) is 0 Å². The fourth-order valence-corrected chi connectivity index (χ4v) is 5.73. The lowest BCUT2D eigenvalue weighted by Crippen LogP contribution is -2.62. The highest BCUT2D eigenvalue weighted by Gasteiger charge is 2.43. The molecule has 27 heavy (non-hydrogen) atoms. The van der Waals surface area contributed by atoms with Crippen molar-refractivity contribution < 1.29 is 4.79 Å². The molecule has 2 aliphatic rings. The number of aryl methyl sites for hydroxylation is 1. The number of benzene rings is 1. The number of amides is 1. The van der Waals surface area contributed by atoms with Crippen molar-refractivity contribution in [3.63, 3.8) is 0 Å². The molecule has 2 atom stereocenters. The van der Waals surface area contributed by atoms with Crippen molar-refractivity contribution in [2.45, 2.75) is 64.0 Å². The summed E-state index contributed by atoms with van der Waals surface area (Å²) in [6.45, 7) is 6.22. The van der Waals surface area contributed by atoms with Crippen molar-refractivity contribution in [3.05, 3.63) is 51.5 Å². The summed E-state index contributed by atoms with van der Waals surface area (Å²) in [4.78, 5) is 21.2. The van der Waals surface area contributed by atoms with Gasteiger partial charge in [-0.25, -0.2) is 4.98 Å². The Labute approximate surface area is 166 Å². The Bertz CT molecular complexity index is 803. The second-order valence-corrected chi connectivity index (χ2v) is 9.23. The summed E-state index contributed by atoms with van der Waals surface area (Å²) in [5, 5.41) is 4.77. The number of nitrogens with one attached hydrogen (secondary N) is 1. The Hall–Kier alpha value is -1.72. The number of nitrogens with zero attached hydrogens (tertiary/aromatic N) is 2. The topological polar surface area (TPSA) is 45.2 Å². The molecule has 0 radical (unpaired) electrons. The van der Waals surface area contributed by atoms with Crippen molar-refractivity contribution in [2.75, 3.05) is 13.1 Å². The van der Waals surface area contributed by atoms with E-state index >= 15 is 0 Å². The van der Waals surface area contributed by atoms with Crippen molar-refractivity contribution >= 4 is 17.2 Å². The van der Waals surface area contributed by atoms with Crippen molar-refractivity contribution in [1.29, 1.82) is 0 Å². The van der Waals surface area contributed by atoms with Crippen LogP contribution in [0.2, 0.25) is 0 Å². The van der Waals surface area contributed by atoms with E-state index in [4.69, 9.17) is 4.98 Å². The lowest BCUT2D eigenvalue weighted by Gasteiger charge is -2.48. The van der Waals surface area contributed by atoms with Gasteiger partial charge in [0, 0.05) is 24.5 Å². The predicted octanol–water partition coefficient (Wildman–Crippen LogP) is 4.18. The number of fused-ring (bicyclic) bond motifs is 1. The Morgan fingerprint density at radius 2 is 2.11 bits per heavy atom. The minimum Gasteiger partial charge on any atom is -0.333 e. The number of carbonyl (C=O) groups is 1. The molecular formula is C22H29N3OS. The van der Waals surface area contributed by atoms with Crippen molar-refractivity contribution in [2.24, 2.45) is 0 Å². The minimum atomic E-state index is 0.0515. The molecule has 5 heteroatoms. The fourth-order valence-electron chi connectivity index (χ4n) is 4.67. The fraction of sp³-hybridized carbons (Fsp3) is 0.545. The number of carbonyl (C=O) groups excluding carboxylic acids is 1. The van der Waals surface area contributed by atoms with Gasteiger partial charge >= 0.3 is 0 Å². The minimum absolute atomic E-state index is 0.0515. The van der Waals surface area contributed by atoms with Crippen LogP contribution in [0.1, 0.15) is 65.0 Å². The maximum Gasteiger partial charge on any atom is 0.266 e. The largest absolute Gasteiger partial charge is 0.333 e. The van der Waals surface area contributed by atoms with E-state index < -0.39 is 0 Å². The van der Waals surface area contributed by atoms with Gasteiger partial charge in [0.05, 0.1) is 10.7 Å². The molecule has 1 amide bonds. The number of hydrogen-bond acceptors (Lipinski definition) is 4. The first-order valence-corrected chi connectivity index (χ1v) is 10.9. The van der Waals surface area contributed by atoms with E-state index in [1.165, 1.54) is 18.4 Å². The van der Waals surface area contributed by atoms with Gasteiger partial charge in [0.25, 0.3) is 5.91 Å². The molecule has 4 rings (SSSR count). The Morgan fingerprint density at radius 1 is 1.30 bits per heavy atom. The summed E-state index contributed by atoms with van der Waals surface area (Å²) < 4.78 is 0. The first-order valence-electron chi connectivity index (χ1n) is 10.1. The molecule has 3 heterocycles. The van der Waals surface area contributed by atoms with Gasteiger partial charge < -0.3 is 10.2 Å². The highest BCUT2D eigenvalue weighted by Crippen LogP contribution is 2.35. The van der Waals surface area contributed by atoms with Gasteiger partial charge in [-0.15, -0.1) is 11.3 Å². The number of aromatic nitrogens is 1. The summed E-state index contributed by atoms with van der Waals surface area (Å²) in [5.74, 6) is 0.184. The predicted molar refractivity (Wildman–Crippen MR) is 110 cm³/mol. The van der Waals surface area contributed by atoms with E-state index in [0.717, 1.165) is 54.4 Å². The van der Waals surface area contributed by atoms with E-state index in [2.05, 4.69) is 41.4 Å². The number of rotatable bonds is 3. The second kappa shape index (κ2) is 7.72. The standard InChI is InChI=1S/C22H29N3OS/c1-16-20(27-19(24-16)15-17-9-4-3-5-10-17)21(26)25-14-8-12-22(2)18(25)11-6-7-13-23-22/h3-5,9-10,18,23H,6-8,11-15H2,1-2H3/t18-,22-/m0/s1. The summed E-state index contributed by atoms with van der Waals surface area (Å²) in [6, 6.07) is 10.7. The smallest absolute Gasteiger partial charge is 0.266 e. The van der Waals surface area contributed by atoms with Gasteiger partial charge in [-0.3, -0.25) is 4.79 Å². The lowest BCUT2D eigenvalue weighted by atomic mass is 9.81. The average Bonchev–Trinajstić information content (AvgIpc) is 2.90. The zero-order valence-electron chi connectivity index (χ0n) is 16.3. The maximum atomic E-state index is 13.5. The third-order valence-corrected chi connectivity index (χ3v) is 7.28. The molecular weight excluding hydrogens is 354 g/mol. The quantitative estimate of drug-likeness (QED) is 0.865. The molecule has 1 N–H and O–H groups in total. The van der Waals surface area contributed by atoms with Crippen LogP contribution < -0.4 is 5.32 Å². The monoisotopic (exact) mass is 383 g/mol. The summed E-state index contributed by atoms with van der Waals surface area (Å²) in [6.07, 6.45) is 6.52. The number of likely N-dealkylation sites (tertiary alicyclic amines) is 1. The molecule has 2 aromatic rings. The van der Waals surface area contributed by atoms with Crippen LogP contribution in [-0.2, 0) is 6.42 Å². The summed E-state index contributed by atoms with van der Waals surface area (Å²) in [7, 11) is 0. The molecule has 1 aromatic heterocycles. The average molecular weight is 384 g/mol. The van der Waals surface area contributed by atoms with Crippen LogP contribution >= 0.6 is 11.3 Å². The first kappa shape index (κ1) is 18.6. The van der Waals surface area contributed by atoms with Gasteiger partial charge in [0.2, 0.25) is 0 Å². The molecule has 0 unspecified atom stereocenters. The van der Waals surface area contributed by atoms with E-state index in [1.807, 2.05) is 13.0 Å². The molecule has 0 saturated carbocycles. The molecule has 1 aromatic carbocycles. The van der Waals surface area contributed by atoms with E-state index in [-0.39, 0.29) is 11.4 Å². The molecule has 2 fully saturated rings. The molecule has 4 nitrogen and oxygen atoms in total. The van der Waals surface area contributed by atoms with Crippen molar-refractivity contribution in [3.8, 4) is 0 Å². The highest BCUT2D eigenvalue weighted by molar-refractivity contribution is 7.13. The maximum absolute atomic E-state index is 13.5.